The van der Waals surface area contributed by atoms with E-state index in [2.05, 4.69) is 10.6 Å². The molecule has 0 amide bonds. The number of hydrogen-bond donors (Lipinski definition) is 2. The third-order valence-corrected chi connectivity index (χ3v) is 3.57. The van der Waals surface area contributed by atoms with Crippen molar-refractivity contribution in [1.82, 2.24) is 0 Å². The Morgan fingerprint density at radius 2 is 1.57 bits per heavy atom. The zero-order valence-electron chi connectivity index (χ0n) is 11.1. The highest BCUT2D eigenvalue weighted by atomic mass is 35.5. The minimum Gasteiger partial charge on any atom is -0.331 e. The van der Waals surface area contributed by atoms with Gasteiger partial charge in [-0.3, -0.25) is 0 Å². The summed E-state index contributed by atoms with van der Waals surface area (Å²) in [5, 5.41) is 5.30. The average molecular weight is 383 g/mol. The predicted octanol–water partition coefficient (Wildman–Crippen LogP) is 5.96. The highest BCUT2D eigenvalue weighted by Gasteiger charge is 2.31. The Kier molecular flexibility index (Phi) is 5.33. The molecule has 0 spiro atoms. The maximum atomic E-state index is 13.0. The van der Waals surface area contributed by atoms with Crippen molar-refractivity contribution < 1.29 is 17.6 Å². The lowest BCUT2D eigenvalue weighted by molar-refractivity contribution is -0.137. The van der Waals surface area contributed by atoms with E-state index >= 15 is 0 Å². The van der Waals surface area contributed by atoms with Crippen molar-refractivity contribution in [2.45, 2.75) is 6.18 Å². The molecule has 0 radical (unpaired) electrons. The van der Waals surface area contributed by atoms with Gasteiger partial charge in [-0.2, -0.15) is 13.2 Å². The first-order chi connectivity index (χ1) is 10.7. The minimum atomic E-state index is -4.50. The number of benzene rings is 2. The lowest BCUT2D eigenvalue weighted by atomic mass is 10.2. The van der Waals surface area contributed by atoms with E-state index in [4.69, 9.17) is 35.4 Å². The van der Waals surface area contributed by atoms with Crippen molar-refractivity contribution in [2.75, 3.05) is 10.6 Å². The standard InChI is InChI=1S/C14H8Cl2F4N2S/c15-9-3-1-7(14(18,19)20)5-12(9)22-13(23)21-11-4-2-8(17)6-10(11)16/h1-6H,(H2,21,22,23). The van der Waals surface area contributed by atoms with Crippen LogP contribution in [0.2, 0.25) is 10.0 Å². The number of halogens is 6. The molecule has 2 rings (SSSR count). The number of anilines is 2. The molecule has 2 aromatic rings. The van der Waals surface area contributed by atoms with Crippen LogP contribution < -0.4 is 10.6 Å². The number of rotatable bonds is 2. The predicted molar refractivity (Wildman–Crippen MR) is 87.7 cm³/mol. The van der Waals surface area contributed by atoms with Gasteiger partial charge in [0.1, 0.15) is 5.82 Å². The third-order valence-electron chi connectivity index (χ3n) is 2.72. The molecule has 0 bridgehead atoms. The molecule has 0 fully saturated rings. The van der Waals surface area contributed by atoms with Gasteiger partial charge in [0, 0.05) is 0 Å². The number of hydrogen-bond acceptors (Lipinski definition) is 1. The number of thiocarbonyl (C=S) groups is 1. The number of nitrogens with one attached hydrogen (secondary N) is 2. The van der Waals surface area contributed by atoms with Gasteiger partial charge in [0.2, 0.25) is 0 Å². The van der Waals surface area contributed by atoms with Crippen LogP contribution in [0, 0.1) is 5.82 Å². The van der Waals surface area contributed by atoms with Crippen LogP contribution in [0.1, 0.15) is 5.56 Å². The summed E-state index contributed by atoms with van der Waals surface area (Å²) >= 11 is 16.7. The van der Waals surface area contributed by atoms with Crippen LogP contribution in [0.4, 0.5) is 28.9 Å². The first-order valence-corrected chi connectivity index (χ1v) is 7.23. The van der Waals surface area contributed by atoms with Crippen LogP contribution in [0.3, 0.4) is 0 Å². The molecule has 23 heavy (non-hydrogen) atoms. The van der Waals surface area contributed by atoms with Gasteiger partial charge >= 0.3 is 6.18 Å². The molecular weight excluding hydrogens is 375 g/mol. The Balaban J connectivity index is 2.17. The molecule has 0 aliphatic heterocycles. The molecule has 0 saturated carbocycles. The molecule has 0 unspecified atom stereocenters. The van der Waals surface area contributed by atoms with Crippen molar-refractivity contribution in [1.29, 1.82) is 0 Å². The van der Waals surface area contributed by atoms with Crippen molar-refractivity contribution in [3.05, 3.63) is 57.8 Å². The van der Waals surface area contributed by atoms with Crippen LogP contribution in [0.5, 0.6) is 0 Å². The quantitative estimate of drug-likeness (QED) is 0.494. The van der Waals surface area contributed by atoms with Crippen LogP contribution in [-0.4, -0.2) is 5.11 Å². The number of alkyl halides is 3. The molecule has 2 aromatic carbocycles. The normalized spacial score (nSPS) is 11.2. The third kappa shape index (κ3) is 4.70. The molecule has 0 saturated heterocycles. The van der Waals surface area contributed by atoms with Crippen LogP contribution in [0.25, 0.3) is 0 Å². The lowest BCUT2D eigenvalue weighted by Gasteiger charge is -2.14. The smallest absolute Gasteiger partial charge is 0.331 e. The Morgan fingerprint density at radius 3 is 2.17 bits per heavy atom. The topological polar surface area (TPSA) is 24.1 Å². The molecule has 2 N–H and O–H groups in total. The molecule has 0 aliphatic rings. The van der Waals surface area contributed by atoms with E-state index in [1.54, 1.807) is 0 Å². The summed E-state index contributed by atoms with van der Waals surface area (Å²) in [4.78, 5) is 0. The van der Waals surface area contributed by atoms with Crippen molar-refractivity contribution >= 4 is 51.9 Å². The van der Waals surface area contributed by atoms with E-state index < -0.39 is 17.6 Å². The SMILES string of the molecule is Fc1ccc(NC(=S)Nc2cc(C(F)(F)F)ccc2Cl)c(Cl)c1. The summed E-state index contributed by atoms with van der Waals surface area (Å²) in [5.41, 5.74) is -0.585. The molecule has 2 nitrogen and oxygen atoms in total. The van der Waals surface area contributed by atoms with Crippen LogP contribution in [-0.2, 0) is 6.18 Å². The second-order valence-electron chi connectivity index (χ2n) is 4.40. The first kappa shape index (κ1) is 17.8. The molecule has 0 heterocycles. The van der Waals surface area contributed by atoms with Gasteiger partial charge in [0.25, 0.3) is 0 Å². The van der Waals surface area contributed by atoms with Crippen LogP contribution in [0.15, 0.2) is 36.4 Å². The van der Waals surface area contributed by atoms with Gasteiger partial charge in [-0.15, -0.1) is 0 Å². The Labute approximate surface area is 144 Å². The summed E-state index contributed by atoms with van der Waals surface area (Å²) in [7, 11) is 0. The maximum Gasteiger partial charge on any atom is 0.416 e. The van der Waals surface area contributed by atoms with E-state index in [9.17, 15) is 17.6 Å². The van der Waals surface area contributed by atoms with Crippen molar-refractivity contribution in [2.24, 2.45) is 0 Å². The van der Waals surface area contributed by atoms with Gasteiger partial charge in [-0.1, -0.05) is 23.2 Å². The summed E-state index contributed by atoms with van der Waals surface area (Å²) in [6.07, 6.45) is -4.50. The highest BCUT2D eigenvalue weighted by molar-refractivity contribution is 7.80. The average Bonchev–Trinajstić information content (AvgIpc) is 2.43. The highest BCUT2D eigenvalue weighted by Crippen LogP contribution is 2.34. The van der Waals surface area contributed by atoms with E-state index in [1.807, 2.05) is 0 Å². The Morgan fingerprint density at radius 1 is 0.913 bits per heavy atom. The summed E-state index contributed by atoms with van der Waals surface area (Å²) in [6.45, 7) is 0. The molecule has 9 heteroatoms. The zero-order valence-corrected chi connectivity index (χ0v) is 13.5. The van der Waals surface area contributed by atoms with Gasteiger partial charge in [-0.25, -0.2) is 4.39 Å². The second kappa shape index (κ2) is 6.90. The molecule has 0 aliphatic carbocycles. The monoisotopic (exact) mass is 382 g/mol. The maximum absolute atomic E-state index is 13.0. The summed E-state index contributed by atoms with van der Waals surface area (Å²) in [6, 6.07) is 6.39. The molecule has 0 atom stereocenters. The molecule has 122 valence electrons. The van der Waals surface area contributed by atoms with E-state index in [0.717, 1.165) is 30.3 Å². The fourth-order valence-corrected chi connectivity index (χ4v) is 2.26. The van der Waals surface area contributed by atoms with Crippen molar-refractivity contribution in [3.63, 3.8) is 0 Å². The zero-order chi connectivity index (χ0) is 17.2. The second-order valence-corrected chi connectivity index (χ2v) is 5.62. The molecular formula is C14H8Cl2F4N2S. The Hall–Kier alpha value is -1.57. The van der Waals surface area contributed by atoms with E-state index in [-0.39, 0.29) is 20.8 Å². The van der Waals surface area contributed by atoms with Crippen LogP contribution >= 0.6 is 35.4 Å². The summed E-state index contributed by atoms with van der Waals surface area (Å²) < 4.78 is 51.1. The first-order valence-electron chi connectivity index (χ1n) is 6.06. The van der Waals surface area contributed by atoms with Gasteiger partial charge in [0.05, 0.1) is 27.0 Å². The minimum absolute atomic E-state index is 0.0165. The lowest BCUT2D eigenvalue weighted by Crippen LogP contribution is -2.20. The Bertz CT molecular complexity index is 750. The van der Waals surface area contributed by atoms with Crippen molar-refractivity contribution in [3.8, 4) is 0 Å². The van der Waals surface area contributed by atoms with E-state index in [1.165, 1.54) is 6.07 Å². The fraction of sp³-hybridized carbons (Fsp3) is 0.0714. The fourth-order valence-electron chi connectivity index (χ4n) is 1.66. The van der Waals surface area contributed by atoms with Gasteiger partial charge in [0.15, 0.2) is 5.11 Å². The van der Waals surface area contributed by atoms with Gasteiger partial charge in [-0.05, 0) is 48.6 Å². The molecule has 0 aromatic heterocycles. The summed E-state index contributed by atoms with van der Waals surface area (Å²) in [5.74, 6) is -0.527. The largest absolute Gasteiger partial charge is 0.416 e. The van der Waals surface area contributed by atoms with E-state index in [0.29, 0.717) is 5.69 Å². The van der Waals surface area contributed by atoms with Gasteiger partial charge < -0.3 is 10.6 Å².